The molecular formula is C24H25ClF3N5O4. The van der Waals surface area contributed by atoms with Gasteiger partial charge in [-0.25, -0.2) is 0 Å². The monoisotopic (exact) mass is 539 g/mol. The van der Waals surface area contributed by atoms with E-state index in [1.165, 1.54) is 18.2 Å². The van der Waals surface area contributed by atoms with Crippen molar-refractivity contribution in [2.45, 2.75) is 25.4 Å². The number of halogens is 4. The van der Waals surface area contributed by atoms with E-state index in [2.05, 4.69) is 5.32 Å². The number of carbonyl (C=O) groups is 2. The minimum Gasteiger partial charge on any atom is -0.371 e. The van der Waals surface area contributed by atoms with Crippen molar-refractivity contribution in [3.63, 3.8) is 0 Å². The topological polar surface area (TPSA) is 99.0 Å². The minimum absolute atomic E-state index is 0.0980. The van der Waals surface area contributed by atoms with Gasteiger partial charge in [-0.2, -0.15) is 13.2 Å². The molecule has 4 rings (SSSR count). The largest absolute Gasteiger partial charge is 0.471 e. The fraction of sp³-hybridized carbons (Fsp3) is 0.417. The number of alkyl halides is 3. The molecule has 13 heteroatoms. The number of amides is 2. The Bertz CT molecular complexity index is 1200. The zero-order valence-corrected chi connectivity index (χ0v) is 20.5. The van der Waals surface area contributed by atoms with Gasteiger partial charge in [-0.1, -0.05) is 11.6 Å². The van der Waals surface area contributed by atoms with Crippen LogP contribution in [0.2, 0.25) is 5.02 Å². The summed E-state index contributed by atoms with van der Waals surface area (Å²) < 4.78 is 38.1. The molecule has 0 unspecified atom stereocenters. The summed E-state index contributed by atoms with van der Waals surface area (Å²) in [5.41, 5.74) is 1.53. The fourth-order valence-electron chi connectivity index (χ4n) is 4.60. The van der Waals surface area contributed by atoms with Gasteiger partial charge >= 0.3 is 12.1 Å². The molecular weight excluding hydrogens is 515 g/mol. The Balaban J connectivity index is 1.48. The number of carbonyl (C=O) groups excluding carboxylic acids is 2. The molecule has 0 aliphatic carbocycles. The highest BCUT2D eigenvalue weighted by molar-refractivity contribution is 6.33. The molecule has 0 bridgehead atoms. The van der Waals surface area contributed by atoms with E-state index in [9.17, 15) is 32.9 Å². The minimum atomic E-state index is -4.91. The van der Waals surface area contributed by atoms with Gasteiger partial charge in [0.05, 0.1) is 26.9 Å². The van der Waals surface area contributed by atoms with E-state index < -0.39 is 22.9 Å². The molecule has 2 saturated heterocycles. The van der Waals surface area contributed by atoms with Gasteiger partial charge in [0.2, 0.25) is 0 Å². The van der Waals surface area contributed by atoms with Crippen LogP contribution in [0.25, 0.3) is 0 Å². The first-order valence-corrected chi connectivity index (χ1v) is 12.2. The van der Waals surface area contributed by atoms with Crippen LogP contribution in [0.3, 0.4) is 0 Å². The SMILES string of the molecule is O=C(Nc1ccc(N2CCN(C(=O)C(F)(F)F)CC2)c(Cl)c1)c1cc([N+](=O)[O-])ccc1N1CCCCC1. The molecule has 198 valence electrons. The summed E-state index contributed by atoms with van der Waals surface area (Å²) in [7, 11) is 0. The van der Waals surface area contributed by atoms with Gasteiger partial charge in [-0.15, -0.1) is 0 Å². The molecule has 9 nitrogen and oxygen atoms in total. The van der Waals surface area contributed by atoms with Crippen molar-refractivity contribution < 1.29 is 27.7 Å². The van der Waals surface area contributed by atoms with E-state index in [-0.39, 0.29) is 42.5 Å². The lowest BCUT2D eigenvalue weighted by molar-refractivity contribution is -0.384. The maximum absolute atomic E-state index is 13.2. The fourth-order valence-corrected chi connectivity index (χ4v) is 4.90. The molecule has 0 aromatic heterocycles. The van der Waals surface area contributed by atoms with Crippen LogP contribution in [-0.2, 0) is 4.79 Å². The van der Waals surface area contributed by atoms with Crippen LogP contribution in [-0.4, -0.2) is 67.1 Å². The van der Waals surface area contributed by atoms with Crippen LogP contribution >= 0.6 is 11.6 Å². The molecule has 2 aromatic carbocycles. The van der Waals surface area contributed by atoms with E-state index in [1.54, 1.807) is 23.1 Å². The molecule has 2 amide bonds. The van der Waals surface area contributed by atoms with Gasteiger partial charge in [-0.05, 0) is 43.5 Å². The summed E-state index contributed by atoms with van der Waals surface area (Å²) in [6, 6.07) is 8.99. The second-order valence-electron chi connectivity index (χ2n) is 8.90. The van der Waals surface area contributed by atoms with E-state index in [4.69, 9.17) is 11.6 Å². The lowest BCUT2D eigenvalue weighted by Crippen LogP contribution is -2.52. The number of benzene rings is 2. The molecule has 2 heterocycles. The number of hydrogen-bond acceptors (Lipinski definition) is 6. The van der Waals surface area contributed by atoms with Crippen molar-refractivity contribution in [1.82, 2.24) is 4.90 Å². The van der Waals surface area contributed by atoms with Gasteiger partial charge in [-0.3, -0.25) is 19.7 Å². The molecule has 2 aliphatic heterocycles. The smallest absolute Gasteiger partial charge is 0.371 e. The average molecular weight is 540 g/mol. The Morgan fingerprint density at radius 2 is 1.51 bits per heavy atom. The summed E-state index contributed by atoms with van der Waals surface area (Å²) >= 11 is 6.43. The number of nitrogens with one attached hydrogen (secondary N) is 1. The van der Waals surface area contributed by atoms with Gasteiger partial charge < -0.3 is 20.0 Å². The first kappa shape index (κ1) is 26.5. The van der Waals surface area contributed by atoms with Crippen molar-refractivity contribution >= 4 is 46.2 Å². The molecule has 1 N–H and O–H groups in total. The number of non-ortho nitro benzene ring substituents is 1. The Morgan fingerprint density at radius 1 is 0.892 bits per heavy atom. The van der Waals surface area contributed by atoms with Crippen LogP contribution in [0.15, 0.2) is 36.4 Å². The number of piperazine rings is 1. The molecule has 0 saturated carbocycles. The maximum atomic E-state index is 13.2. The van der Waals surface area contributed by atoms with Crippen molar-refractivity contribution in [1.29, 1.82) is 0 Å². The van der Waals surface area contributed by atoms with Crippen LogP contribution in [0, 0.1) is 10.1 Å². The van der Waals surface area contributed by atoms with Crippen LogP contribution in [0.1, 0.15) is 29.6 Å². The highest BCUT2D eigenvalue weighted by Crippen LogP contribution is 2.32. The van der Waals surface area contributed by atoms with E-state index in [0.29, 0.717) is 17.1 Å². The third kappa shape index (κ3) is 6.07. The van der Waals surface area contributed by atoms with E-state index in [1.807, 2.05) is 4.90 Å². The molecule has 37 heavy (non-hydrogen) atoms. The van der Waals surface area contributed by atoms with Crippen LogP contribution in [0.4, 0.5) is 35.9 Å². The number of piperidine rings is 1. The third-order valence-electron chi connectivity index (χ3n) is 6.49. The van der Waals surface area contributed by atoms with Crippen molar-refractivity contribution in [2.75, 3.05) is 54.4 Å². The van der Waals surface area contributed by atoms with Gasteiger partial charge in [0.1, 0.15) is 0 Å². The average Bonchev–Trinajstić information content (AvgIpc) is 2.88. The van der Waals surface area contributed by atoms with Crippen molar-refractivity contribution in [2.24, 2.45) is 0 Å². The summed E-state index contributed by atoms with van der Waals surface area (Å²) in [6.07, 6.45) is -1.89. The Morgan fingerprint density at radius 3 is 2.11 bits per heavy atom. The number of hydrogen-bond donors (Lipinski definition) is 1. The summed E-state index contributed by atoms with van der Waals surface area (Å²) in [5.74, 6) is -2.38. The number of nitro benzene ring substituents is 1. The van der Waals surface area contributed by atoms with Crippen molar-refractivity contribution in [3.8, 4) is 0 Å². The van der Waals surface area contributed by atoms with E-state index >= 15 is 0 Å². The first-order valence-electron chi connectivity index (χ1n) is 11.8. The van der Waals surface area contributed by atoms with Gasteiger partial charge in [0.25, 0.3) is 11.6 Å². The highest BCUT2D eigenvalue weighted by atomic mass is 35.5. The molecule has 0 spiro atoms. The molecule has 2 aliphatic rings. The molecule has 0 atom stereocenters. The Hall–Kier alpha value is -3.54. The van der Waals surface area contributed by atoms with Crippen molar-refractivity contribution in [3.05, 3.63) is 57.1 Å². The van der Waals surface area contributed by atoms with Crippen LogP contribution < -0.4 is 15.1 Å². The predicted molar refractivity (Wildman–Crippen MR) is 133 cm³/mol. The number of rotatable bonds is 5. The summed E-state index contributed by atoms with van der Waals surface area (Å²) in [5, 5.41) is 14.3. The molecule has 2 aromatic rings. The van der Waals surface area contributed by atoms with Gasteiger partial charge in [0, 0.05) is 57.1 Å². The highest BCUT2D eigenvalue weighted by Gasteiger charge is 2.43. The first-order chi connectivity index (χ1) is 17.5. The zero-order chi connectivity index (χ0) is 26.7. The predicted octanol–water partition coefficient (Wildman–Crippen LogP) is 4.70. The van der Waals surface area contributed by atoms with Crippen LogP contribution in [0.5, 0.6) is 0 Å². The normalized spacial score (nSPS) is 16.5. The van der Waals surface area contributed by atoms with E-state index in [0.717, 1.165) is 37.3 Å². The number of anilines is 3. The molecule has 0 radical (unpaired) electrons. The Kier molecular flexibility index (Phi) is 7.76. The quantitative estimate of drug-likeness (QED) is 0.437. The second-order valence-corrected chi connectivity index (χ2v) is 9.31. The molecule has 2 fully saturated rings. The second kappa shape index (κ2) is 10.8. The number of nitrogens with zero attached hydrogens (tertiary/aromatic N) is 4. The number of nitro groups is 1. The van der Waals surface area contributed by atoms with Gasteiger partial charge in [0.15, 0.2) is 0 Å². The Labute approximate surface area is 215 Å². The zero-order valence-electron chi connectivity index (χ0n) is 19.8. The summed E-state index contributed by atoms with van der Waals surface area (Å²) in [6.45, 7) is 1.64. The maximum Gasteiger partial charge on any atom is 0.471 e. The lowest BCUT2D eigenvalue weighted by atomic mass is 10.1. The standard InChI is InChI=1S/C24H25ClF3N5O4/c25-19-14-16(4-6-21(19)31-10-12-32(13-11-31)23(35)24(26,27)28)29-22(34)18-15-17(33(36)37)5-7-20(18)30-8-2-1-3-9-30/h4-7,14-15H,1-3,8-13H2,(H,29,34). The summed E-state index contributed by atoms with van der Waals surface area (Å²) in [4.78, 5) is 40.0. The third-order valence-corrected chi connectivity index (χ3v) is 6.79. The lowest BCUT2D eigenvalue weighted by Gasteiger charge is -2.36.